The van der Waals surface area contributed by atoms with E-state index in [9.17, 15) is 14.4 Å². The van der Waals surface area contributed by atoms with E-state index in [2.05, 4.69) is 19.7 Å². The second-order valence-electron chi connectivity index (χ2n) is 2.92. The fraction of sp³-hybridized carbons (Fsp3) is 0.444. The lowest BCUT2D eigenvalue weighted by molar-refractivity contribution is -0.117. The number of amides is 2. The number of rotatable bonds is 5. The fourth-order valence-corrected chi connectivity index (χ4v) is 1.43. The SMILES string of the molecule is CCOC(=O)c1nnc(SCC(=O)NC(=O)OC)o1. The number of nitrogens with zero attached hydrogens (tertiary/aromatic N) is 2. The summed E-state index contributed by atoms with van der Waals surface area (Å²) in [5, 5.41) is 8.96. The lowest BCUT2D eigenvalue weighted by atomic mass is 10.7. The van der Waals surface area contributed by atoms with Gasteiger partial charge in [-0.3, -0.25) is 10.1 Å². The number of thioether (sulfide) groups is 1. The molecule has 0 radical (unpaired) electrons. The molecule has 2 amide bonds. The van der Waals surface area contributed by atoms with Crippen LogP contribution < -0.4 is 5.32 Å². The summed E-state index contributed by atoms with van der Waals surface area (Å²) in [5.41, 5.74) is 0. The molecule has 19 heavy (non-hydrogen) atoms. The molecule has 0 aliphatic heterocycles. The van der Waals surface area contributed by atoms with Crippen LogP contribution in [0.2, 0.25) is 0 Å². The summed E-state index contributed by atoms with van der Waals surface area (Å²) in [6.45, 7) is 1.83. The second-order valence-corrected chi connectivity index (χ2v) is 3.85. The van der Waals surface area contributed by atoms with Crippen molar-refractivity contribution in [2.24, 2.45) is 0 Å². The predicted octanol–water partition coefficient (Wildman–Crippen LogP) is 0.221. The molecule has 1 aromatic heterocycles. The minimum atomic E-state index is -0.858. The lowest BCUT2D eigenvalue weighted by Gasteiger charge is -1.99. The molecule has 1 N–H and O–H groups in total. The Balaban J connectivity index is 2.44. The van der Waals surface area contributed by atoms with Gasteiger partial charge in [-0.2, -0.15) is 0 Å². The maximum Gasteiger partial charge on any atom is 0.413 e. The molecule has 0 spiro atoms. The topological polar surface area (TPSA) is 121 Å². The van der Waals surface area contributed by atoms with Crippen LogP contribution in [0.5, 0.6) is 0 Å². The van der Waals surface area contributed by atoms with Crippen LogP contribution in [0.15, 0.2) is 9.64 Å². The quantitative estimate of drug-likeness (QED) is 0.599. The Bertz CT molecular complexity index is 474. The Hall–Kier alpha value is -2.10. The molecule has 0 saturated carbocycles. The molecule has 0 atom stereocenters. The van der Waals surface area contributed by atoms with E-state index in [0.717, 1.165) is 18.9 Å². The van der Waals surface area contributed by atoms with Gasteiger partial charge in [-0.05, 0) is 6.92 Å². The summed E-state index contributed by atoms with van der Waals surface area (Å²) in [7, 11) is 1.14. The van der Waals surface area contributed by atoms with Gasteiger partial charge >= 0.3 is 18.0 Å². The number of carbonyl (C=O) groups is 3. The first-order valence-corrected chi connectivity index (χ1v) is 6.06. The van der Waals surface area contributed by atoms with Gasteiger partial charge in [0, 0.05) is 0 Å². The highest BCUT2D eigenvalue weighted by molar-refractivity contribution is 7.99. The number of ether oxygens (including phenoxy) is 2. The van der Waals surface area contributed by atoms with E-state index in [0.29, 0.717) is 0 Å². The molecule has 0 aromatic carbocycles. The van der Waals surface area contributed by atoms with Crippen LogP contribution in [-0.2, 0) is 14.3 Å². The predicted molar refractivity (Wildman–Crippen MR) is 61.5 cm³/mol. The van der Waals surface area contributed by atoms with Gasteiger partial charge in [-0.1, -0.05) is 16.9 Å². The highest BCUT2D eigenvalue weighted by atomic mass is 32.2. The van der Waals surface area contributed by atoms with Gasteiger partial charge < -0.3 is 13.9 Å². The number of imide groups is 1. The van der Waals surface area contributed by atoms with Crippen molar-refractivity contribution < 1.29 is 28.3 Å². The van der Waals surface area contributed by atoms with Crippen LogP contribution in [-0.4, -0.2) is 47.6 Å². The van der Waals surface area contributed by atoms with E-state index < -0.39 is 18.0 Å². The van der Waals surface area contributed by atoms with Crippen molar-refractivity contribution in [1.29, 1.82) is 0 Å². The maximum absolute atomic E-state index is 11.2. The fourth-order valence-electron chi connectivity index (χ4n) is 0.872. The van der Waals surface area contributed by atoms with E-state index in [1.165, 1.54) is 0 Å². The molecule has 9 nitrogen and oxygen atoms in total. The molecule has 0 fully saturated rings. The third-order valence-corrected chi connectivity index (χ3v) is 2.43. The molecule has 0 bridgehead atoms. The summed E-state index contributed by atoms with van der Waals surface area (Å²) < 4.78 is 13.8. The number of carbonyl (C=O) groups excluding carboxylic acids is 3. The second kappa shape index (κ2) is 7.36. The number of esters is 1. The first kappa shape index (κ1) is 15.0. The molecule has 1 rings (SSSR count). The average Bonchev–Trinajstić information content (AvgIpc) is 2.85. The van der Waals surface area contributed by atoms with Gasteiger partial charge in [0.05, 0.1) is 19.5 Å². The van der Waals surface area contributed by atoms with E-state index >= 15 is 0 Å². The Kier molecular flexibility index (Phi) is 5.79. The molecule has 1 aromatic rings. The third kappa shape index (κ3) is 4.95. The number of methoxy groups -OCH3 is 1. The number of hydrogen-bond acceptors (Lipinski definition) is 9. The highest BCUT2D eigenvalue weighted by Gasteiger charge is 2.17. The average molecular weight is 289 g/mol. The molecule has 0 aliphatic carbocycles. The van der Waals surface area contributed by atoms with Crippen molar-refractivity contribution in [1.82, 2.24) is 15.5 Å². The lowest BCUT2D eigenvalue weighted by Crippen LogP contribution is -2.31. The Morgan fingerprint density at radius 1 is 1.37 bits per heavy atom. The standard InChI is InChI=1S/C9H11N3O6S/c1-3-17-7(14)6-11-12-9(18-6)19-4-5(13)10-8(15)16-2/h3-4H2,1-2H3,(H,10,13,15). The van der Waals surface area contributed by atoms with E-state index in [1.54, 1.807) is 6.92 Å². The van der Waals surface area contributed by atoms with Crippen LogP contribution in [0.3, 0.4) is 0 Å². The maximum atomic E-state index is 11.2. The summed E-state index contributed by atoms with van der Waals surface area (Å²) in [6, 6.07) is 0. The molecule has 0 unspecified atom stereocenters. The molecule has 10 heteroatoms. The molecular formula is C9H11N3O6S. The first-order chi connectivity index (χ1) is 9.06. The van der Waals surface area contributed by atoms with Gasteiger partial charge in [-0.15, -0.1) is 5.10 Å². The van der Waals surface area contributed by atoms with Crippen molar-refractivity contribution in [2.45, 2.75) is 12.1 Å². The zero-order valence-electron chi connectivity index (χ0n) is 10.2. The molecule has 0 saturated heterocycles. The summed E-state index contributed by atoms with van der Waals surface area (Å²) >= 11 is 0.869. The Morgan fingerprint density at radius 3 is 2.74 bits per heavy atom. The smallest absolute Gasteiger partial charge is 0.413 e. The highest BCUT2D eigenvalue weighted by Crippen LogP contribution is 2.15. The van der Waals surface area contributed by atoms with Crippen molar-refractivity contribution in [3.8, 4) is 0 Å². The van der Waals surface area contributed by atoms with Crippen molar-refractivity contribution in [3.05, 3.63) is 5.89 Å². The molecule has 104 valence electrons. The van der Waals surface area contributed by atoms with E-state index in [4.69, 9.17) is 4.42 Å². The van der Waals surface area contributed by atoms with Gasteiger partial charge in [0.25, 0.3) is 5.22 Å². The van der Waals surface area contributed by atoms with Gasteiger partial charge in [0.1, 0.15) is 0 Å². The summed E-state index contributed by atoms with van der Waals surface area (Å²) in [4.78, 5) is 33.1. The monoisotopic (exact) mass is 289 g/mol. The van der Waals surface area contributed by atoms with Crippen molar-refractivity contribution >= 4 is 29.7 Å². The minimum absolute atomic E-state index is 0.0167. The number of alkyl carbamates (subject to hydrolysis) is 1. The van der Waals surface area contributed by atoms with E-state index in [1.807, 2.05) is 5.32 Å². The molecule has 1 heterocycles. The van der Waals surface area contributed by atoms with Gasteiger partial charge in [0.2, 0.25) is 5.91 Å². The number of nitrogens with one attached hydrogen (secondary N) is 1. The van der Waals surface area contributed by atoms with Gasteiger partial charge in [-0.25, -0.2) is 9.59 Å². The zero-order chi connectivity index (χ0) is 14.3. The first-order valence-electron chi connectivity index (χ1n) is 5.08. The summed E-state index contributed by atoms with van der Waals surface area (Å²) in [5.74, 6) is -1.76. The number of aromatic nitrogens is 2. The van der Waals surface area contributed by atoms with Gasteiger partial charge in [0.15, 0.2) is 0 Å². The Morgan fingerprint density at radius 2 is 2.11 bits per heavy atom. The minimum Gasteiger partial charge on any atom is -0.459 e. The third-order valence-electron chi connectivity index (χ3n) is 1.61. The number of hydrogen-bond donors (Lipinski definition) is 1. The van der Waals surface area contributed by atoms with E-state index in [-0.39, 0.29) is 23.5 Å². The van der Waals surface area contributed by atoms with Crippen LogP contribution in [0.1, 0.15) is 17.6 Å². The Labute approximate surface area is 112 Å². The van der Waals surface area contributed by atoms with Crippen molar-refractivity contribution in [2.75, 3.05) is 19.5 Å². The van der Waals surface area contributed by atoms with Crippen LogP contribution in [0.25, 0.3) is 0 Å². The summed E-state index contributed by atoms with van der Waals surface area (Å²) in [6.07, 6.45) is -0.858. The molecular weight excluding hydrogens is 278 g/mol. The largest absolute Gasteiger partial charge is 0.459 e. The molecule has 0 aliphatic rings. The zero-order valence-corrected chi connectivity index (χ0v) is 11.0. The van der Waals surface area contributed by atoms with Crippen LogP contribution in [0, 0.1) is 0 Å². The van der Waals surface area contributed by atoms with Crippen LogP contribution in [0.4, 0.5) is 4.79 Å². The van der Waals surface area contributed by atoms with Crippen LogP contribution >= 0.6 is 11.8 Å². The van der Waals surface area contributed by atoms with Crippen molar-refractivity contribution in [3.63, 3.8) is 0 Å². The normalized spacial score (nSPS) is 9.79.